The van der Waals surface area contributed by atoms with E-state index in [9.17, 15) is 0 Å². The molecular formula is C20H36O2. The van der Waals surface area contributed by atoms with E-state index in [1.54, 1.807) is 0 Å². The summed E-state index contributed by atoms with van der Waals surface area (Å²) < 4.78 is 12.1. The number of unbranched alkanes of at least 4 members (excludes halogenated alkanes) is 4. The average Bonchev–Trinajstić information content (AvgIpc) is 2.55. The van der Waals surface area contributed by atoms with Crippen LogP contribution < -0.4 is 0 Å². The maximum absolute atomic E-state index is 6.04. The van der Waals surface area contributed by atoms with E-state index in [0.717, 1.165) is 26.1 Å². The van der Waals surface area contributed by atoms with Gasteiger partial charge in [0, 0.05) is 0 Å². The van der Waals surface area contributed by atoms with Gasteiger partial charge in [-0.15, -0.1) is 0 Å². The fraction of sp³-hybridized carbons (Fsp3) is 0.800. The van der Waals surface area contributed by atoms with E-state index >= 15 is 0 Å². The van der Waals surface area contributed by atoms with Gasteiger partial charge in [0.2, 0.25) is 0 Å². The molecule has 0 heterocycles. The summed E-state index contributed by atoms with van der Waals surface area (Å²) in [4.78, 5) is 0. The van der Waals surface area contributed by atoms with Crippen molar-refractivity contribution in [3.63, 3.8) is 0 Å². The molecule has 2 heteroatoms. The first-order valence-electron chi connectivity index (χ1n) is 9.41. The molecule has 0 spiro atoms. The Balaban J connectivity index is 2.19. The SMILES string of the molecule is CCCCC=CCOC1CCCCC1OCC=CCCCC. The van der Waals surface area contributed by atoms with Gasteiger partial charge in [-0.1, -0.05) is 76.7 Å². The lowest BCUT2D eigenvalue weighted by atomic mass is 9.94. The van der Waals surface area contributed by atoms with Crippen LogP contribution in [0, 0.1) is 0 Å². The number of rotatable bonds is 12. The van der Waals surface area contributed by atoms with Gasteiger partial charge >= 0.3 is 0 Å². The first-order valence-corrected chi connectivity index (χ1v) is 9.41. The van der Waals surface area contributed by atoms with E-state index in [4.69, 9.17) is 9.47 Å². The molecule has 0 aliphatic heterocycles. The van der Waals surface area contributed by atoms with E-state index in [2.05, 4.69) is 38.2 Å². The minimum Gasteiger partial charge on any atom is -0.371 e. The maximum Gasteiger partial charge on any atom is 0.0841 e. The molecule has 2 atom stereocenters. The summed E-state index contributed by atoms with van der Waals surface area (Å²) >= 11 is 0. The summed E-state index contributed by atoms with van der Waals surface area (Å²) in [6.07, 6.45) is 21.7. The highest BCUT2D eigenvalue weighted by molar-refractivity contribution is 4.85. The van der Waals surface area contributed by atoms with Gasteiger partial charge < -0.3 is 9.47 Å². The zero-order chi connectivity index (χ0) is 15.9. The van der Waals surface area contributed by atoms with Crippen molar-refractivity contribution < 1.29 is 9.47 Å². The zero-order valence-electron chi connectivity index (χ0n) is 14.8. The number of ether oxygens (including phenoxy) is 2. The Morgan fingerprint density at radius 2 is 1.18 bits per heavy atom. The van der Waals surface area contributed by atoms with Crippen molar-refractivity contribution in [2.45, 2.75) is 90.3 Å². The van der Waals surface area contributed by atoms with E-state index in [-0.39, 0.29) is 12.2 Å². The van der Waals surface area contributed by atoms with Gasteiger partial charge in [-0.2, -0.15) is 0 Å². The Labute approximate surface area is 138 Å². The second kappa shape index (κ2) is 14.0. The van der Waals surface area contributed by atoms with Crippen LogP contribution in [0.15, 0.2) is 24.3 Å². The molecule has 0 bridgehead atoms. The summed E-state index contributed by atoms with van der Waals surface area (Å²) in [6, 6.07) is 0. The van der Waals surface area contributed by atoms with Crippen LogP contribution in [0.1, 0.15) is 78.1 Å². The third-order valence-corrected chi connectivity index (χ3v) is 4.24. The highest BCUT2D eigenvalue weighted by atomic mass is 16.5. The third kappa shape index (κ3) is 9.42. The van der Waals surface area contributed by atoms with Gasteiger partial charge in [0.25, 0.3) is 0 Å². The predicted octanol–water partition coefficient (Wildman–Crippen LogP) is 5.82. The van der Waals surface area contributed by atoms with Crippen molar-refractivity contribution in [1.29, 1.82) is 0 Å². The van der Waals surface area contributed by atoms with Crippen molar-refractivity contribution >= 4 is 0 Å². The molecule has 1 rings (SSSR count). The Morgan fingerprint density at radius 3 is 1.59 bits per heavy atom. The molecule has 2 nitrogen and oxygen atoms in total. The Kier molecular flexibility index (Phi) is 12.4. The monoisotopic (exact) mass is 308 g/mol. The number of hydrogen-bond acceptors (Lipinski definition) is 2. The molecule has 0 saturated heterocycles. The molecule has 22 heavy (non-hydrogen) atoms. The lowest BCUT2D eigenvalue weighted by molar-refractivity contribution is -0.0783. The smallest absolute Gasteiger partial charge is 0.0841 e. The van der Waals surface area contributed by atoms with Crippen LogP contribution in [0.5, 0.6) is 0 Å². The van der Waals surface area contributed by atoms with E-state index in [1.807, 2.05) is 0 Å². The molecule has 0 radical (unpaired) electrons. The molecule has 1 aliphatic rings. The molecule has 0 aromatic rings. The maximum atomic E-state index is 6.04. The summed E-state index contributed by atoms with van der Waals surface area (Å²) in [5.41, 5.74) is 0. The molecule has 128 valence electrons. The topological polar surface area (TPSA) is 18.5 Å². The Bertz CT molecular complexity index is 266. The standard InChI is InChI=1S/C20H36O2/c1-3-5-7-9-13-17-21-19-15-11-12-16-20(19)22-18-14-10-8-6-4-2/h9-10,13-14,19-20H,3-8,11-12,15-18H2,1-2H3. The largest absolute Gasteiger partial charge is 0.371 e. The normalized spacial score (nSPS) is 22.8. The van der Waals surface area contributed by atoms with Crippen LogP contribution in [0.25, 0.3) is 0 Å². The second-order valence-electron chi connectivity index (χ2n) is 6.26. The van der Waals surface area contributed by atoms with Crippen LogP contribution in [-0.2, 0) is 9.47 Å². The van der Waals surface area contributed by atoms with Crippen molar-refractivity contribution in [1.82, 2.24) is 0 Å². The van der Waals surface area contributed by atoms with Gasteiger partial charge in [-0.3, -0.25) is 0 Å². The van der Waals surface area contributed by atoms with Crippen LogP contribution in [0.4, 0.5) is 0 Å². The first kappa shape index (κ1) is 19.4. The summed E-state index contributed by atoms with van der Waals surface area (Å²) in [5.74, 6) is 0. The third-order valence-electron chi connectivity index (χ3n) is 4.24. The fourth-order valence-corrected chi connectivity index (χ4v) is 2.82. The van der Waals surface area contributed by atoms with E-state index < -0.39 is 0 Å². The summed E-state index contributed by atoms with van der Waals surface area (Å²) in [7, 11) is 0. The predicted molar refractivity (Wildman–Crippen MR) is 95.3 cm³/mol. The molecule has 0 aromatic carbocycles. The van der Waals surface area contributed by atoms with E-state index in [0.29, 0.717) is 0 Å². The van der Waals surface area contributed by atoms with Crippen molar-refractivity contribution in [2.75, 3.05) is 13.2 Å². The van der Waals surface area contributed by atoms with Gasteiger partial charge in [0.1, 0.15) is 0 Å². The molecule has 1 fully saturated rings. The second-order valence-corrected chi connectivity index (χ2v) is 6.26. The quantitative estimate of drug-likeness (QED) is 0.334. The van der Waals surface area contributed by atoms with Gasteiger partial charge in [-0.25, -0.2) is 0 Å². The van der Waals surface area contributed by atoms with Crippen LogP contribution in [0.2, 0.25) is 0 Å². The average molecular weight is 309 g/mol. The minimum absolute atomic E-state index is 0.286. The summed E-state index contributed by atoms with van der Waals surface area (Å²) in [5, 5.41) is 0. The highest BCUT2D eigenvalue weighted by Crippen LogP contribution is 2.24. The first-order chi connectivity index (χ1) is 10.9. The van der Waals surface area contributed by atoms with Crippen molar-refractivity contribution in [3.8, 4) is 0 Å². The lowest BCUT2D eigenvalue weighted by Crippen LogP contribution is -2.35. The lowest BCUT2D eigenvalue weighted by Gasteiger charge is -2.30. The van der Waals surface area contributed by atoms with Crippen LogP contribution >= 0.6 is 0 Å². The molecule has 1 saturated carbocycles. The number of allylic oxidation sites excluding steroid dienone is 2. The highest BCUT2D eigenvalue weighted by Gasteiger charge is 2.25. The summed E-state index contributed by atoms with van der Waals surface area (Å²) in [6.45, 7) is 5.93. The van der Waals surface area contributed by atoms with Crippen LogP contribution in [-0.4, -0.2) is 25.4 Å². The van der Waals surface area contributed by atoms with E-state index in [1.165, 1.54) is 51.4 Å². The van der Waals surface area contributed by atoms with Crippen LogP contribution in [0.3, 0.4) is 0 Å². The molecule has 0 aromatic heterocycles. The van der Waals surface area contributed by atoms with Gasteiger partial charge in [-0.05, 0) is 25.7 Å². The van der Waals surface area contributed by atoms with Gasteiger partial charge in [0.15, 0.2) is 0 Å². The molecule has 2 unspecified atom stereocenters. The minimum atomic E-state index is 0.286. The molecular weight excluding hydrogens is 272 g/mol. The Morgan fingerprint density at radius 1 is 0.727 bits per heavy atom. The zero-order valence-corrected chi connectivity index (χ0v) is 14.8. The number of hydrogen-bond donors (Lipinski definition) is 0. The van der Waals surface area contributed by atoms with Crippen molar-refractivity contribution in [3.05, 3.63) is 24.3 Å². The molecule has 1 aliphatic carbocycles. The molecule has 0 N–H and O–H groups in total. The van der Waals surface area contributed by atoms with Crippen molar-refractivity contribution in [2.24, 2.45) is 0 Å². The fourth-order valence-electron chi connectivity index (χ4n) is 2.82. The Hall–Kier alpha value is -0.600. The van der Waals surface area contributed by atoms with Gasteiger partial charge in [0.05, 0.1) is 25.4 Å². The molecule has 0 amide bonds.